The second kappa shape index (κ2) is 8.73. The first kappa shape index (κ1) is 23.5. The van der Waals surface area contributed by atoms with E-state index in [1.807, 2.05) is 0 Å². The molecular weight excluding hydrogens is 353 g/mol. The first-order chi connectivity index (χ1) is 10.1. The van der Waals surface area contributed by atoms with E-state index in [9.17, 15) is 0 Å². The average molecular weight is 393 g/mol. The Morgan fingerprint density at radius 3 is 1.35 bits per heavy atom. The van der Waals surface area contributed by atoms with Gasteiger partial charge in [-0.25, -0.2) is 0 Å². The van der Waals surface area contributed by atoms with Crippen LogP contribution in [0.1, 0.15) is 26.7 Å². The van der Waals surface area contributed by atoms with Gasteiger partial charge in [-0.2, -0.15) is 0 Å². The third kappa shape index (κ3) is 12.5. The minimum absolute atomic E-state index is 0.941. The van der Waals surface area contributed by atoms with Gasteiger partial charge in [-0.15, -0.1) is 0 Å². The summed E-state index contributed by atoms with van der Waals surface area (Å²) in [5.41, 5.74) is 1.43. The summed E-state index contributed by atoms with van der Waals surface area (Å²) in [4.78, 5) is 0. The number of rotatable bonds is 10. The van der Waals surface area contributed by atoms with Crippen molar-refractivity contribution in [2.75, 3.05) is 0 Å². The molecule has 138 valence electrons. The lowest BCUT2D eigenvalue weighted by atomic mass is 10.2. The molecule has 0 aromatic rings. The Kier molecular flexibility index (Phi) is 8.91. The van der Waals surface area contributed by atoms with E-state index in [4.69, 9.17) is 12.3 Å². The van der Waals surface area contributed by atoms with Crippen molar-refractivity contribution in [3.8, 4) is 0 Å². The quantitative estimate of drug-likeness (QED) is 0.326. The Bertz CT molecular complexity index is 349. The minimum atomic E-state index is -2.62. The summed E-state index contributed by atoms with van der Waals surface area (Å²) < 4.78 is 20.0. The lowest BCUT2D eigenvalue weighted by Gasteiger charge is -2.43. The second-order valence-electron chi connectivity index (χ2n) is 9.31. The summed E-state index contributed by atoms with van der Waals surface area (Å²) in [7, 11) is -7.83. The molecule has 0 spiro atoms. The predicted molar refractivity (Wildman–Crippen MR) is 113 cm³/mol. The van der Waals surface area contributed by atoms with E-state index in [2.05, 4.69) is 78.8 Å². The maximum atomic E-state index is 6.68. The molecule has 0 rings (SSSR count). The highest BCUT2D eigenvalue weighted by Crippen LogP contribution is 2.30. The molecule has 0 atom stereocenters. The van der Waals surface area contributed by atoms with Crippen LogP contribution in [0.2, 0.25) is 65.0 Å². The van der Waals surface area contributed by atoms with E-state index in [0.717, 1.165) is 18.9 Å². The summed E-state index contributed by atoms with van der Waals surface area (Å²) in [6, 6.07) is 0.941. The van der Waals surface area contributed by atoms with Gasteiger partial charge in [0.1, 0.15) is 0 Å². The Balaban J connectivity index is 5.44. The topological polar surface area (TPSA) is 27.7 Å². The molecule has 0 aromatic carbocycles. The Hall–Kier alpha value is 0.488. The van der Waals surface area contributed by atoms with Gasteiger partial charge < -0.3 is 12.3 Å². The lowest BCUT2D eigenvalue weighted by Crippen LogP contribution is -2.60. The van der Waals surface area contributed by atoms with Crippen molar-refractivity contribution in [3.05, 3.63) is 11.6 Å². The fourth-order valence-electron chi connectivity index (χ4n) is 2.34. The number of allylic oxidation sites excluding steroid dienone is 2. The third-order valence-corrected chi connectivity index (χ3v) is 15.0. The second-order valence-corrected chi connectivity index (χ2v) is 26.3. The van der Waals surface area contributed by atoms with E-state index in [-0.39, 0.29) is 0 Å². The Morgan fingerprint density at radius 1 is 0.739 bits per heavy atom. The SMILES string of the molecule is CC=C(C)CCC[Si](O[Si](C)(C)C)(O[Si](C)(C)C)O[Si](C)(C)C. The van der Waals surface area contributed by atoms with Crippen LogP contribution in [0.5, 0.6) is 0 Å². The third-order valence-electron chi connectivity index (χ3n) is 2.93. The zero-order valence-corrected chi connectivity index (χ0v) is 21.4. The van der Waals surface area contributed by atoms with Gasteiger partial charge in [-0.1, -0.05) is 11.6 Å². The molecule has 0 N–H and O–H groups in total. The molecular formula is C16H40O3Si4. The summed E-state index contributed by atoms with van der Waals surface area (Å²) >= 11 is 0. The molecule has 0 radical (unpaired) electrons. The zero-order chi connectivity index (χ0) is 18.5. The van der Waals surface area contributed by atoms with Crippen LogP contribution in [0.3, 0.4) is 0 Å². The van der Waals surface area contributed by atoms with E-state index >= 15 is 0 Å². The number of hydrogen-bond acceptors (Lipinski definition) is 3. The van der Waals surface area contributed by atoms with Crippen LogP contribution in [-0.4, -0.2) is 33.8 Å². The van der Waals surface area contributed by atoms with Crippen molar-refractivity contribution in [3.63, 3.8) is 0 Å². The van der Waals surface area contributed by atoms with Crippen molar-refractivity contribution in [2.45, 2.75) is 91.7 Å². The molecule has 0 aliphatic rings. The highest BCUT2D eigenvalue weighted by molar-refractivity contribution is 6.90. The predicted octanol–water partition coefficient (Wildman–Crippen LogP) is 6.23. The van der Waals surface area contributed by atoms with Crippen LogP contribution in [-0.2, 0) is 12.3 Å². The van der Waals surface area contributed by atoms with Crippen LogP contribution in [0.15, 0.2) is 11.6 Å². The summed E-state index contributed by atoms with van der Waals surface area (Å²) in [5, 5.41) is 0. The van der Waals surface area contributed by atoms with Crippen molar-refractivity contribution < 1.29 is 12.3 Å². The van der Waals surface area contributed by atoms with E-state index in [1.165, 1.54) is 5.57 Å². The standard InChI is InChI=1S/C16H40O3Si4/c1-12-16(2)14-13-15-23(17-20(3,4)5,18-21(6,7)8)19-22(9,10)11/h12H,13-15H2,1-11H3. The van der Waals surface area contributed by atoms with Crippen LogP contribution in [0, 0.1) is 0 Å². The first-order valence-electron chi connectivity index (χ1n) is 8.80. The smallest absolute Gasteiger partial charge is 0.417 e. The van der Waals surface area contributed by atoms with Crippen LogP contribution >= 0.6 is 0 Å². The van der Waals surface area contributed by atoms with Crippen molar-refractivity contribution in [1.29, 1.82) is 0 Å². The normalized spacial score (nSPS) is 15.2. The monoisotopic (exact) mass is 392 g/mol. The van der Waals surface area contributed by atoms with Gasteiger partial charge in [-0.05, 0) is 85.6 Å². The van der Waals surface area contributed by atoms with Crippen molar-refractivity contribution in [2.24, 2.45) is 0 Å². The summed E-state index contributed by atoms with van der Waals surface area (Å²) in [5.74, 6) is 0. The van der Waals surface area contributed by atoms with Gasteiger partial charge in [0.05, 0.1) is 0 Å². The van der Waals surface area contributed by atoms with E-state index < -0.39 is 33.8 Å². The molecule has 0 bridgehead atoms. The highest BCUT2D eigenvalue weighted by atomic mass is 28.5. The molecule has 0 heterocycles. The Morgan fingerprint density at radius 2 is 1.09 bits per heavy atom. The van der Waals surface area contributed by atoms with Gasteiger partial charge >= 0.3 is 8.80 Å². The van der Waals surface area contributed by atoms with Gasteiger partial charge in [0, 0.05) is 6.04 Å². The Labute approximate surface area is 149 Å². The molecule has 3 nitrogen and oxygen atoms in total. The molecule has 0 amide bonds. The molecule has 0 aromatic heterocycles. The van der Waals surface area contributed by atoms with Gasteiger partial charge in [0.2, 0.25) is 0 Å². The maximum absolute atomic E-state index is 6.68. The van der Waals surface area contributed by atoms with Crippen LogP contribution in [0.25, 0.3) is 0 Å². The molecule has 23 heavy (non-hydrogen) atoms. The minimum Gasteiger partial charge on any atom is -0.417 e. The molecule has 0 fully saturated rings. The van der Waals surface area contributed by atoms with Crippen molar-refractivity contribution >= 4 is 33.8 Å². The summed E-state index contributed by atoms with van der Waals surface area (Å²) in [6.07, 6.45) is 4.38. The molecule has 7 heteroatoms. The maximum Gasteiger partial charge on any atom is 0.469 e. The molecule has 0 unspecified atom stereocenters. The highest BCUT2D eigenvalue weighted by Gasteiger charge is 2.49. The number of hydrogen-bond donors (Lipinski definition) is 0. The van der Waals surface area contributed by atoms with Gasteiger partial charge in [0.15, 0.2) is 25.0 Å². The molecule has 0 aliphatic carbocycles. The van der Waals surface area contributed by atoms with Crippen LogP contribution in [0.4, 0.5) is 0 Å². The molecule has 0 saturated heterocycles. The van der Waals surface area contributed by atoms with Crippen molar-refractivity contribution in [1.82, 2.24) is 0 Å². The fraction of sp³-hybridized carbons (Fsp3) is 0.875. The summed E-state index contributed by atoms with van der Waals surface area (Å²) in [6.45, 7) is 24.5. The lowest BCUT2D eigenvalue weighted by molar-refractivity contribution is 0.250. The largest absolute Gasteiger partial charge is 0.469 e. The van der Waals surface area contributed by atoms with E-state index in [0.29, 0.717) is 0 Å². The van der Waals surface area contributed by atoms with Gasteiger partial charge in [-0.3, -0.25) is 0 Å². The molecule has 0 saturated carbocycles. The van der Waals surface area contributed by atoms with Crippen LogP contribution < -0.4 is 0 Å². The van der Waals surface area contributed by atoms with Gasteiger partial charge in [0.25, 0.3) is 0 Å². The first-order valence-corrected chi connectivity index (χ1v) is 21.0. The average Bonchev–Trinajstić information content (AvgIpc) is 2.20. The fourth-order valence-corrected chi connectivity index (χ4v) is 17.0. The molecule has 0 aliphatic heterocycles. The van der Waals surface area contributed by atoms with E-state index in [1.54, 1.807) is 0 Å². The zero-order valence-electron chi connectivity index (χ0n) is 17.4.